The van der Waals surface area contributed by atoms with E-state index in [1.165, 1.54) is 11.1 Å². The van der Waals surface area contributed by atoms with Gasteiger partial charge in [-0.2, -0.15) is 4.52 Å². The summed E-state index contributed by atoms with van der Waals surface area (Å²) in [6, 6.07) is 22.8. The highest BCUT2D eigenvalue weighted by atomic mass is 16.1. The average molecular weight is 469 g/mol. The van der Waals surface area contributed by atoms with Crippen molar-refractivity contribution in [3.8, 4) is 11.4 Å². The molecule has 4 aromatic rings. The Kier molecular flexibility index (Phi) is 6.75. The summed E-state index contributed by atoms with van der Waals surface area (Å²) < 4.78 is 1.81. The number of anilines is 1. The van der Waals surface area contributed by atoms with Gasteiger partial charge in [0.1, 0.15) is 5.82 Å². The van der Waals surface area contributed by atoms with Gasteiger partial charge in [0.15, 0.2) is 11.5 Å². The van der Waals surface area contributed by atoms with Crippen LogP contribution in [0.5, 0.6) is 0 Å². The Morgan fingerprint density at radius 1 is 1.00 bits per heavy atom. The van der Waals surface area contributed by atoms with E-state index in [4.69, 9.17) is 5.10 Å². The van der Waals surface area contributed by atoms with Crippen LogP contribution in [0.2, 0.25) is 0 Å². The molecule has 0 bridgehead atoms. The van der Waals surface area contributed by atoms with E-state index in [0.29, 0.717) is 0 Å². The fourth-order valence-electron chi connectivity index (χ4n) is 4.66. The third-order valence-corrected chi connectivity index (χ3v) is 6.85. The number of hydrogen-bond donors (Lipinski definition) is 1. The van der Waals surface area contributed by atoms with Crippen LogP contribution < -0.4 is 10.2 Å². The van der Waals surface area contributed by atoms with Gasteiger partial charge in [-0.15, -0.1) is 15.3 Å². The summed E-state index contributed by atoms with van der Waals surface area (Å²) in [5.74, 6) is 1.85. The first kappa shape index (κ1) is 23.0. The van der Waals surface area contributed by atoms with Gasteiger partial charge in [-0.3, -0.25) is 4.79 Å². The maximum Gasteiger partial charge on any atom is 0.223 e. The summed E-state index contributed by atoms with van der Waals surface area (Å²) in [4.78, 5) is 15.1. The molecule has 1 unspecified atom stereocenters. The summed E-state index contributed by atoms with van der Waals surface area (Å²) in [5.41, 5.74) is 4.23. The summed E-state index contributed by atoms with van der Waals surface area (Å²) in [6.45, 7) is 5.77. The molecule has 1 saturated heterocycles. The van der Waals surface area contributed by atoms with E-state index in [1.807, 2.05) is 34.8 Å². The van der Waals surface area contributed by atoms with Gasteiger partial charge in [0, 0.05) is 30.6 Å². The molecule has 0 radical (unpaired) electrons. The Morgan fingerprint density at radius 3 is 2.49 bits per heavy atom. The molecule has 1 aliphatic heterocycles. The lowest BCUT2D eigenvalue weighted by Gasteiger charge is -2.32. The number of hydrogen-bond acceptors (Lipinski definition) is 5. The topological polar surface area (TPSA) is 75.4 Å². The SMILES string of the molecule is Cc1ccc(-c2nnc3ccc(N4CCC(C(=O)NC(C)CCc5ccccc5)CC4)nn23)cc1. The molecule has 1 aliphatic rings. The first-order valence-corrected chi connectivity index (χ1v) is 12.5. The van der Waals surface area contributed by atoms with E-state index in [0.717, 1.165) is 61.6 Å². The van der Waals surface area contributed by atoms with Crippen LogP contribution in [0.25, 0.3) is 17.0 Å². The number of carbonyl (C=O) groups is 1. The summed E-state index contributed by atoms with van der Waals surface area (Å²) in [6.07, 6.45) is 3.57. The van der Waals surface area contributed by atoms with E-state index < -0.39 is 0 Å². The van der Waals surface area contributed by atoms with Crippen LogP contribution in [0, 0.1) is 12.8 Å². The van der Waals surface area contributed by atoms with Crippen molar-refractivity contribution in [2.24, 2.45) is 5.92 Å². The van der Waals surface area contributed by atoms with Crippen LogP contribution in [-0.2, 0) is 11.2 Å². The second kappa shape index (κ2) is 10.3. The highest BCUT2D eigenvalue weighted by Gasteiger charge is 2.26. The van der Waals surface area contributed by atoms with Crippen LogP contribution in [0.4, 0.5) is 5.82 Å². The van der Waals surface area contributed by atoms with Gasteiger partial charge >= 0.3 is 0 Å². The van der Waals surface area contributed by atoms with Gasteiger partial charge in [0.2, 0.25) is 5.91 Å². The minimum Gasteiger partial charge on any atom is -0.355 e. The smallest absolute Gasteiger partial charge is 0.223 e. The second-order valence-corrected chi connectivity index (χ2v) is 9.55. The fourth-order valence-corrected chi connectivity index (χ4v) is 4.66. The van der Waals surface area contributed by atoms with Crippen molar-refractivity contribution in [1.82, 2.24) is 25.1 Å². The molecule has 0 aliphatic carbocycles. The number of rotatable bonds is 7. The molecule has 1 atom stereocenters. The molecule has 180 valence electrons. The third-order valence-electron chi connectivity index (χ3n) is 6.85. The molecule has 7 nitrogen and oxygen atoms in total. The normalized spacial score (nSPS) is 15.3. The zero-order valence-electron chi connectivity index (χ0n) is 20.4. The van der Waals surface area contributed by atoms with E-state index in [1.54, 1.807) is 0 Å². The number of aromatic nitrogens is 4. The lowest BCUT2D eigenvalue weighted by Crippen LogP contribution is -2.43. The number of piperidine rings is 1. The van der Waals surface area contributed by atoms with Gasteiger partial charge in [0.25, 0.3) is 0 Å². The molecule has 0 spiro atoms. The maximum atomic E-state index is 12.9. The zero-order valence-corrected chi connectivity index (χ0v) is 20.4. The Labute approximate surface area is 206 Å². The van der Waals surface area contributed by atoms with Gasteiger partial charge < -0.3 is 10.2 Å². The summed E-state index contributed by atoms with van der Waals surface area (Å²) in [5, 5.41) is 16.7. The number of carbonyl (C=O) groups excluding carboxylic acids is 1. The molecule has 7 heteroatoms. The Balaban J connectivity index is 1.18. The predicted molar refractivity (Wildman–Crippen MR) is 138 cm³/mol. The number of amides is 1. The maximum absolute atomic E-state index is 12.9. The lowest BCUT2D eigenvalue weighted by atomic mass is 9.95. The molecule has 0 saturated carbocycles. The van der Waals surface area contributed by atoms with Gasteiger partial charge in [-0.1, -0.05) is 60.2 Å². The van der Waals surface area contributed by atoms with Crippen molar-refractivity contribution >= 4 is 17.4 Å². The number of nitrogens with one attached hydrogen (secondary N) is 1. The molecule has 35 heavy (non-hydrogen) atoms. The molecule has 1 amide bonds. The second-order valence-electron chi connectivity index (χ2n) is 9.55. The molecule has 1 fully saturated rings. The standard InChI is InChI=1S/C28H32N6O/c1-20-8-12-23(13-9-20)27-31-30-25-14-15-26(32-34(25)27)33-18-16-24(17-19-33)28(35)29-21(2)10-11-22-6-4-3-5-7-22/h3-9,12-15,21,24H,10-11,16-19H2,1-2H3,(H,29,35). The Hall–Kier alpha value is -3.74. The molecule has 2 aromatic carbocycles. The number of fused-ring (bicyclic) bond motifs is 1. The van der Waals surface area contributed by atoms with Crippen molar-refractivity contribution in [3.05, 3.63) is 77.9 Å². The van der Waals surface area contributed by atoms with Crippen LogP contribution in [-0.4, -0.2) is 44.8 Å². The number of benzene rings is 2. The zero-order chi connectivity index (χ0) is 24.2. The first-order valence-electron chi connectivity index (χ1n) is 12.5. The third kappa shape index (κ3) is 5.34. The molecule has 2 aromatic heterocycles. The van der Waals surface area contributed by atoms with E-state index in [2.05, 4.69) is 70.7 Å². The average Bonchev–Trinajstić information content (AvgIpc) is 3.32. The molecule has 3 heterocycles. The van der Waals surface area contributed by atoms with Crippen LogP contribution in [0.3, 0.4) is 0 Å². The molecule has 5 rings (SSSR count). The highest BCUT2D eigenvalue weighted by Crippen LogP contribution is 2.24. The van der Waals surface area contributed by atoms with Gasteiger partial charge in [-0.05, 0) is 57.2 Å². The number of aryl methyl sites for hydroxylation is 2. The molecular formula is C28H32N6O. The van der Waals surface area contributed by atoms with Crippen LogP contribution in [0.15, 0.2) is 66.7 Å². The quantitative estimate of drug-likeness (QED) is 0.434. The minimum atomic E-state index is 0.0483. The van der Waals surface area contributed by atoms with E-state index in [9.17, 15) is 4.79 Å². The largest absolute Gasteiger partial charge is 0.355 e. The minimum absolute atomic E-state index is 0.0483. The Morgan fingerprint density at radius 2 is 1.74 bits per heavy atom. The van der Waals surface area contributed by atoms with E-state index in [-0.39, 0.29) is 17.9 Å². The fraction of sp³-hybridized carbons (Fsp3) is 0.357. The Bertz CT molecular complexity index is 1280. The predicted octanol–water partition coefficient (Wildman–Crippen LogP) is 4.45. The summed E-state index contributed by atoms with van der Waals surface area (Å²) >= 11 is 0. The highest BCUT2D eigenvalue weighted by molar-refractivity contribution is 5.79. The van der Waals surface area contributed by atoms with Gasteiger partial charge in [-0.25, -0.2) is 0 Å². The van der Waals surface area contributed by atoms with Crippen molar-refractivity contribution in [1.29, 1.82) is 0 Å². The first-order chi connectivity index (χ1) is 17.1. The lowest BCUT2D eigenvalue weighted by molar-refractivity contribution is -0.126. The molecule has 1 N–H and O–H groups in total. The van der Waals surface area contributed by atoms with Crippen molar-refractivity contribution in [3.63, 3.8) is 0 Å². The van der Waals surface area contributed by atoms with Gasteiger partial charge in [0.05, 0.1) is 0 Å². The van der Waals surface area contributed by atoms with Crippen molar-refractivity contribution in [2.75, 3.05) is 18.0 Å². The van der Waals surface area contributed by atoms with Crippen molar-refractivity contribution in [2.45, 2.75) is 45.6 Å². The van der Waals surface area contributed by atoms with Crippen LogP contribution >= 0.6 is 0 Å². The number of nitrogens with zero attached hydrogens (tertiary/aromatic N) is 5. The monoisotopic (exact) mass is 468 g/mol. The van der Waals surface area contributed by atoms with E-state index >= 15 is 0 Å². The summed E-state index contributed by atoms with van der Waals surface area (Å²) in [7, 11) is 0. The van der Waals surface area contributed by atoms with Crippen LogP contribution in [0.1, 0.15) is 37.3 Å². The van der Waals surface area contributed by atoms with Crippen molar-refractivity contribution < 1.29 is 4.79 Å². The molecular weight excluding hydrogens is 436 g/mol.